The minimum absolute atomic E-state index is 0.393. The van der Waals surface area contributed by atoms with Crippen LogP contribution in [0.25, 0.3) is 0 Å². The Bertz CT molecular complexity index is 506. The third-order valence-corrected chi connectivity index (χ3v) is 2.67. The van der Waals surface area contributed by atoms with Gasteiger partial charge in [0.15, 0.2) is 0 Å². The Morgan fingerprint density at radius 1 is 1.18 bits per heavy atom. The summed E-state index contributed by atoms with van der Waals surface area (Å²) in [6.45, 7) is 9.75. The number of carbonyl (C=O) groups excluding carboxylic acids is 2. The SMILES string of the molecule is CCOc1ccc(N[C@H](C)C(=O)NC(=O)NC(C)(C)C)cc1. The predicted octanol–water partition coefficient (Wildman–Crippen LogP) is 2.51. The van der Waals surface area contributed by atoms with Crippen molar-refractivity contribution in [2.24, 2.45) is 0 Å². The molecule has 6 nitrogen and oxygen atoms in total. The van der Waals surface area contributed by atoms with E-state index >= 15 is 0 Å². The van der Waals surface area contributed by atoms with Crippen molar-refractivity contribution in [2.75, 3.05) is 11.9 Å². The molecule has 3 amide bonds. The van der Waals surface area contributed by atoms with Crippen molar-refractivity contribution < 1.29 is 14.3 Å². The standard InChI is InChI=1S/C16H25N3O3/c1-6-22-13-9-7-12(8-10-13)17-11(2)14(20)18-15(21)19-16(3,4)5/h7-11,17H,6H2,1-5H3,(H2,18,19,20,21)/t11-/m1/s1. The van der Waals surface area contributed by atoms with E-state index in [9.17, 15) is 9.59 Å². The van der Waals surface area contributed by atoms with Gasteiger partial charge < -0.3 is 15.4 Å². The Labute approximate surface area is 131 Å². The molecule has 1 rings (SSSR count). The van der Waals surface area contributed by atoms with Crippen molar-refractivity contribution in [1.82, 2.24) is 10.6 Å². The first-order valence-corrected chi connectivity index (χ1v) is 7.33. The van der Waals surface area contributed by atoms with Crippen molar-refractivity contribution in [3.05, 3.63) is 24.3 Å². The van der Waals surface area contributed by atoms with E-state index in [0.29, 0.717) is 6.61 Å². The van der Waals surface area contributed by atoms with Crippen LogP contribution in [0.5, 0.6) is 5.75 Å². The van der Waals surface area contributed by atoms with E-state index in [0.717, 1.165) is 11.4 Å². The second-order valence-corrected chi connectivity index (χ2v) is 6.02. The maximum Gasteiger partial charge on any atom is 0.321 e. The fraction of sp³-hybridized carbons (Fsp3) is 0.500. The first kappa shape index (κ1) is 17.8. The molecule has 0 fully saturated rings. The lowest BCUT2D eigenvalue weighted by Crippen LogP contribution is -2.51. The number of urea groups is 1. The van der Waals surface area contributed by atoms with Crippen LogP contribution in [0.2, 0.25) is 0 Å². The quantitative estimate of drug-likeness (QED) is 0.781. The van der Waals surface area contributed by atoms with Crippen molar-refractivity contribution in [1.29, 1.82) is 0 Å². The summed E-state index contributed by atoms with van der Waals surface area (Å²) >= 11 is 0. The Hall–Kier alpha value is -2.24. The van der Waals surface area contributed by atoms with E-state index in [4.69, 9.17) is 4.74 Å². The molecule has 0 aliphatic rings. The molecule has 0 aromatic heterocycles. The number of ether oxygens (including phenoxy) is 1. The van der Waals surface area contributed by atoms with Crippen molar-refractivity contribution in [3.63, 3.8) is 0 Å². The van der Waals surface area contributed by atoms with Crippen LogP contribution < -0.4 is 20.7 Å². The molecule has 0 radical (unpaired) electrons. The normalized spacial score (nSPS) is 12.2. The van der Waals surface area contributed by atoms with Crippen LogP contribution >= 0.6 is 0 Å². The largest absolute Gasteiger partial charge is 0.494 e. The fourth-order valence-electron chi connectivity index (χ4n) is 1.72. The molecule has 1 atom stereocenters. The lowest BCUT2D eigenvalue weighted by molar-refractivity contribution is -0.120. The smallest absolute Gasteiger partial charge is 0.321 e. The Morgan fingerprint density at radius 3 is 2.27 bits per heavy atom. The van der Waals surface area contributed by atoms with Gasteiger partial charge in [-0.05, 0) is 58.9 Å². The van der Waals surface area contributed by atoms with Crippen LogP contribution in [0.1, 0.15) is 34.6 Å². The van der Waals surface area contributed by atoms with Gasteiger partial charge in [-0.15, -0.1) is 0 Å². The van der Waals surface area contributed by atoms with Gasteiger partial charge >= 0.3 is 6.03 Å². The summed E-state index contributed by atoms with van der Waals surface area (Å²) in [5.74, 6) is 0.380. The van der Waals surface area contributed by atoms with Gasteiger partial charge in [0.05, 0.1) is 6.61 Å². The lowest BCUT2D eigenvalue weighted by Gasteiger charge is -2.21. The van der Waals surface area contributed by atoms with Gasteiger partial charge in [0.1, 0.15) is 11.8 Å². The number of anilines is 1. The van der Waals surface area contributed by atoms with Gasteiger partial charge in [0, 0.05) is 11.2 Å². The maximum atomic E-state index is 12.0. The highest BCUT2D eigenvalue weighted by Crippen LogP contribution is 2.16. The Morgan fingerprint density at radius 2 is 1.77 bits per heavy atom. The third kappa shape index (κ3) is 6.47. The molecule has 0 saturated carbocycles. The lowest BCUT2D eigenvalue weighted by atomic mass is 10.1. The molecule has 0 aliphatic carbocycles. The molecule has 122 valence electrons. The first-order chi connectivity index (χ1) is 10.2. The number of carbonyl (C=O) groups is 2. The number of imide groups is 1. The number of rotatable bonds is 5. The summed E-state index contributed by atoms with van der Waals surface area (Å²) in [6, 6.07) is 6.25. The Kier molecular flexibility index (Phi) is 6.22. The minimum atomic E-state index is -0.538. The summed E-state index contributed by atoms with van der Waals surface area (Å²) in [6.07, 6.45) is 0. The van der Waals surface area contributed by atoms with Gasteiger partial charge in [-0.2, -0.15) is 0 Å². The molecule has 0 saturated heterocycles. The van der Waals surface area contributed by atoms with Gasteiger partial charge in [-0.25, -0.2) is 4.79 Å². The van der Waals surface area contributed by atoms with E-state index in [1.807, 2.05) is 52.0 Å². The minimum Gasteiger partial charge on any atom is -0.494 e. The summed E-state index contributed by atoms with van der Waals surface area (Å²) in [4.78, 5) is 23.6. The average molecular weight is 307 g/mol. The molecule has 0 unspecified atom stereocenters. The summed E-state index contributed by atoms with van der Waals surface area (Å²) in [5.41, 5.74) is 0.387. The first-order valence-electron chi connectivity index (χ1n) is 7.33. The summed E-state index contributed by atoms with van der Waals surface area (Å²) in [5, 5.41) is 8.02. The molecule has 0 aliphatic heterocycles. The van der Waals surface area contributed by atoms with Gasteiger partial charge in [-0.3, -0.25) is 10.1 Å². The number of amides is 3. The van der Waals surface area contributed by atoms with Crippen LogP contribution in [0, 0.1) is 0 Å². The third-order valence-electron chi connectivity index (χ3n) is 2.67. The molecular formula is C16H25N3O3. The number of hydrogen-bond donors (Lipinski definition) is 3. The van der Waals surface area contributed by atoms with Crippen LogP contribution in [0.3, 0.4) is 0 Å². The monoisotopic (exact) mass is 307 g/mol. The van der Waals surface area contributed by atoms with E-state index in [1.54, 1.807) is 6.92 Å². The van der Waals surface area contributed by atoms with Gasteiger partial charge in [0.2, 0.25) is 5.91 Å². The number of nitrogens with one attached hydrogen (secondary N) is 3. The van der Waals surface area contributed by atoms with Crippen molar-refractivity contribution >= 4 is 17.6 Å². The number of hydrogen-bond acceptors (Lipinski definition) is 4. The zero-order valence-corrected chi connectivity index (χ0v) is 13.8. The highest BCUT2D eigenvalue weighted by molar-refractivity contribution is 5.98. The van der Waals surface area contributed by atoms with E-state index < -0.39 is 23.5 Å². The van der Waals surface area contributed by atoms with E-state index in [-0.39, 0.29) is 0 Å². The highest BCUT2D eigenvalue weighted by Gasteiger charge is 2.19. The molecule has 1 aromatic carbocycles. The van der Waals surface area contributed by atoms with Crippen LogP contribution in [-0.4, -0.2) is 30.1 Å². The molecule has 1 aromatic rings. The van der Waals surface area contributed by atoms with Crippen molar-refractivity contribution in [2.45, 2.75) is 46.2 Å². The molecular weight excluding hydrogens is 282 g/mol. The van der Waals surface area contributed by atoms with Crippen LogP contribution in [0.4, 0.5) is 10.5 Å². The fourth-order valence-corrected chi connectivity index (χ4v) is 1.72. The van der Waals surface area contributed by atoms with E-state index in [1.165, 1.54) is 0 Å². The summed E-state index contributed by atoms with van der Waals surface area (Å²) in [7, 11) is 0. The highest BCUT2D eigenvalue weighted by atomic mass is 16.5. The zero-order chi connectivity index (χ0) is 16.8. The van der Waals surface area contributed by atoms with Gasteiger partial charge in [0.25, 0.3) is 0 Å². The molecule has 0 bridgehead atoms. The maximum absolute atomic E-state index is 12.0. The molecule has 6 heteroatoms. The average Bonchev–Trinajstić information content (AvgIpc) is 2.39. The van der Waals surface area contributed by atoms with Crippen LogP contribution in [-0.2, 0) is 4.79 Å². The van der Waals surface area contributed by atoms with Gasteiger partial charge in [-0.1, -0.05) is 0 Å². The zero-order valence-electron chi connectivity index (χ0n) is 13.8. The second-order valence-electron chi connectivity index (χ2n) is 6.02. The van der Waals surface area contributed by atoms with Crippen LogP contribution in [0.15, 0.2) is 24.3 Å². The summed E-state index contributed by atoms with van der Waals surface area (Å²) < 4.78 is 5.35. The second kappa shape index (κ2) is 7.68. The van der Waals surface area contributed by atoms with Crippen molar-refractivity contribution in [3.8, 4) is 5.75 Å². The molecule has 22 heavy (non-hydrogen) atoms. The molecule has 0 heterocycles. The Balaban J connectivity index is 2.51. The number of benzene rings is 1. The topological polar surface area (TPSA) is 79.5 Å². The molecule has 3 N–H and O–H groups in total. The molecule has 0 spiro atoms. The van der Waals surface area contributed by atoms with E-state index in [2.05, 4.69) is 16.0 Å². The predicted molar refractivity (Wildman–Crippen MR) is 87.1 cm³/mol.